The van der Waals surface area contributed by atoms with Crippen LogP contribution in [-0.4, -0.2) is 19.9 Å². The highest BCUT2D eigenvalue weighted by atomic mass is 16.5. The molecular formula is C55H36N4O. The molecule has 0 fully saturated rings. The Hall–Kier alpha value is -8.02. The fraction of sp³-hybridized carbons (Fsp3) is 0.0182. The van der Waals surface area contributed by atoms with Crippen molar-refractivity contribution in [2.75, 3.05) is 0 Å². The van der Waals surface area contributed by atoms with Gasteiger partial charge in [0, 0.05) is 39.4 Å². The lowest BCUT2D eigenvalue weighted by Gasteiger charge is -2.41. The summed E-state index contributed by atoms with van der Waals surface area (Å²) in [4.78, 5) is 19.8. The number of fused-ring (bicyclic) bond motifs is 3. The van der Waals surface area contributed by atoms with Crippen LogP contribution in [0.1, 0.15) is 22.3 Å². The molecule has 3 heterocycles. The van der Waals surface area contributed by atoms with Crippen LogP contribution < -0.4 is 4.74 Å². The molecule has 0 N–H and O–H groups in total. The molecule has 0 radical (unpaired) electrons. The van der Waals surface area contributed by atoms with Crippen molar-refractivity contribution in [2.24, 2.45) is 0 Å². The Morgan fingerprint density at radius 2 is 0.833 bits per heavy atom. The number of pyridine rings is 1. The van der Waals surface area contributed by atoms with E-state index in [1.165, 1.54) is 5.56 Å². The van der Waals surface area contributed by atoms with E-state index in [4.69, 9.17) is 19.7 Å². The Bertz CT molecular complexity index is 3070. The highest BCUT2D eigenvalue weighted by Gasteiger charge is 2.45. The Morgan fingerprint density at radius 1 is 0.350 bits per heavy atom. The van der Waals surface area contributed by atoms with E-state index in [1.54, 1.807) is 0 Å². The summed E-state index contributed by atoms with van der Waals surface area (Å²) in [5.41, 5.74) is 11.8. The first-order valence-electron chi connectivity index (χ1n) is 20.1. The minimum atomic E-state index is -0.759. The molecule has 0 unspecified atom stereocenters. The summed E-state index contributed by atoms with van der Waals surface area (Å²) >= 11 is 0. The first kappa shape index (κ1) is 35.2. The second kappa shape index (κ2) is 14.7. The van der Waals surface area contributed by atoms with Gasteiger partial charge in [-0.3, -0.25) is 4.98 Å². The zero-order valence-electron chi connectivity index (χ0n) is 32.5. The first-order chi connectivity index (χ1) is 29.7. The molecular weight excluding hydrogens is 733 g/mol. The number of ether oxygens (including phenoxy) is 1. The number of benzene rings is 8. The molecule has 2 aromatic heterocycles. The lowest BCUT2D eigenvalue weighted by molar-refractivity contribution is 0.434. The summed E-state index contributed by atoms with van der Waals surface area (Å²) < 4.78 is 6.68. The summed E-state index contributed by atoms with van der Waals surface area (Å²) in [7, 11) is 0. The lowest BCUT2D eigenvalue weighted by atomic mass is 9.63. The minimum Gasteiger partial charge on any atom is -0.457 e. The molecule has 10 aromatic rings. The Morgan fingerprint density at radius 3 is 1.47 bits per heavy atom. The van der Waals surface area contributed by atoms with E-state index in [0.717, 1.165) is 78.0 Å². The highest BCUT2D eigenvalue weighted by Crippen LogP contribution is 2.56. The maximum Gasteiger partial charge on any atom is 0.164 e. The Labute approximate surface area is 348 Å². The molecule has 282 valence electrons. The Kier molecular flexibility index (Phi) is 8.63. The maximum absolute atomic E-state index is 6.68. The smallest absolute Gasteiger partial charge is 0.164 e. The second-order valence-electron chi connectivity index (χ2n) is 15.0. The molecule has 11 rings (SSSR count). The molecule has 0 saturated carbocycles. The monoisotopic (exact) mass is 768 g/mol. The summed E-state index contributed by atoms with van der Waals surface area (Å²) in [6.07, 6.45) is 1.89. The molecule has 0 bridgehead atoms. The summed E-state index contributed by atoms with van der Waals surface area (Å²) in [5, 5.41) is 1.14. The van der Waals surface area contributed by atoms with E-state index < -0.39 is 5.41 Å². The molecule has 0 spiro atoms. The topological polar surface area (TPSA) is 60.8 Å². The van der Waals surface area contributed by atoms with Crippen molar-refractivity contribution in [1.82, 2.24) is 19.9 Å². The summed E-state index contributed by atoms with van der Waals surface area (Å²) in [6, 6.07) is 73.9. The highest BCUT2D eigenvalue weighted by molar-refractivity contribution is 5.94. The standard InChI is InChI=1S/C55H36N4O/c1-3-15-39(16-4-1)52-57-53(40-17-5-2-6-18-40)59-54(58-52)42-20-14-22-44(36-42)55(47-24-8-11-27-50(47)60-51-28-12-9-25-48(51)55)43-21-13-19-41(35-43)37-29-31-38(32-30-37)45-33-34-56-49-26-10-7-23-46(45)49/h1-36H. The fourth-order valence-electron chi connectivity index (χ4n) is 8.73. The summed E-state index contributed by atoms with van der Waals surface area (Å²) in [5.74, 6) is 3.48. The largest absolute Gasteiger partial charge is 0.457 e. The molecule has 1 aliphatic rings. The van der Waals surface area contributed by atoms with E-state index in [-0.39, 0.29) is 0 Å². The molecule has 0 amide bonds. The number of para-hydroxylation sites is 3. The van der Waals surface area contributed by atoms with Gasteiger partial charge in [0.2, 0.25) is 0 Å². The lowest BCUT2D eigenvalue weighted by Crippen LogP contribution is -2.34. The van der Waals surface area contributed by atoms with Crippen molar-refractivity contribution in [3.05, 3.63) is 241 Å². The van der Waals surface area contributed by atoms with E-state index in [0.29, 0.717) is 17.5 Å². The van der Waals surface area contributed by atoms with Gasteiger partial charge in [-0.1, -0.05) is 176 Å². The molecule has 1 aliphatic heterocycles. The van der Waals surface area contributed by atoms with Gasteiger partial charge in [-0.05, 0) is 69.8 Å². The van der Waals surface area contributed by atoms with Crippen molar-refractivity contribution in [1.29, 1.82) is 0 Å². The van der Waals surface area contributed by atoms with Gasteiger partial charge in [-0.25, -0.2) is 15.0 Å². The van der Waals surface area contributed by atoms with Crippen LogP contribution in [0.5, 0.6) is 11.5 Å². The number of aromatic nitrogens is 4. The van der Waals surface area contributed by atoms with Crippen LogP contribution in [0.2, 0.25) is 0 Å². The fourth-order valence-corrected chi connectivity index (χ4v) is 8.73. The van der Waals surface area contributed by atoms with Gasteiger partial charge in [-0.15, -0.1) is 0 Å². The zero-order chi connectivity index (χ0) is 39.9. The van der Waals surface area contributed by atoms with Gasteiger partial charge in [0.05, 0.1) is 10.9 Å². The van der Waals surface area contributed by atoms with E-state index in [2.05, 4.69) is 138 Å². The molecule has 0 atom stereocenters. The van der Waals surface area contributed by atoms with Crippen LogP contribution in [0, 0.1) is 0 Å². The minimum absolute atomic E-state index is 0.601. The number of hydrogen-bond acceptors (Lipinski definition) is 5. The van der Waals surface area contributed by atoms with Gasteiger partial charge >= 0.3 is 0 Å². The first-order valence-corrected chi connectivity index (χ1v) is 20.1. The third-order valence-corrected chi connectivity index (χ3v) is 11.5. The molecule has 0 aliphatic carbocycles. The van der Waals surface area contributed by atoms with Crippen molar-refractivity contribution in [3.8, 4) is 67.9 Å². The average Bonchev–Trinajstić information content (AvgIpc) is 3.33. The summed E-state index contributed by atoms with van der Waals surface area (Å²) in [6.45, 7) is 0. The van der Waals surface area contributed by atoms with Crippen molar-refractivity contribution in [2.45, 2.75) is 5.41 Å². The van der Waals surface area contributed by atoms with Gasteiger partial charge < -0.3 is 4.74 Å². The molecule has 5 heteroatoms. The zero-order valence-corrected chi connectivity index (χ0v) is 32.5. The van der Waals surface area contributed by atoms with Crippen LogP contribution in [0.4, 0.5) is 0 Å². The van der Waals surface area contributed by atoms with Gasteiger partial charge in [-0.2, -0.15) is 0 Å². The van der Waals surface area contributed by atoms with Gasteiger partial charge in [0.1, 0.15) is 11.5 Å². The average molecular weight is 769 g/mol. The SMILES string of the molecule is c1ccc(-c2nc(-c3ccccc3)nc(-c3cccc(C4(c5cccc(-c6ccc(-c7ccnc8ccccc78)cc6)c5)c5ccccc5Oc5ccccc54)c3)n2)cc1. The predicted molar refractivity (Wildman–Crippen MR) is 241 cm³/mol. The van der Waals surface area contributed by atoms with Crippen molar-refractivity contribution in [3.63, 3.8) is 0 Å². The Balaban J connectivity index is 1.10. The molecule has 8 aromatic carbocycles. The van der Waals surface area contributed by atoms with Crippen LogP contribution in [0.3, 0.4) is 0 Å². The maximum atomic E-state index is 6.68. The van der Waals surface area contributed by atoms with Crippen LogP contribution >= 0.6 is 0 Å². The number of hydrogen-bond donors (Lipinski definition) is 0. The van der Waals surface area contributed by atoms with Crippen molar-refractivity contribution < 1.29 is 4.74 Å². The van der Waals surface area contributed by atoms with Gasteiger partial charge in [0.15, 0.2) is 17.5 Å². The van der Waals surface area contributed by atoms with Crippen LogP contribution in [0.25, 0.3) is 67.3 Å². The van der Waals surface area contributed by atoms with Gasteiger partial charge in [0.25, 0.3) is 0 Å². The quantitative estimate of drug-likeness (QED) is 0.162. The van der Waals surface area contributed by atoms with E-state index in [1.807, 2.05) is 85.1 Å². The number of rotatable bonds is 7. The van der Waals surface area contributed by atoms with Crippen LogP contribution in [0.15, 0.2) is 219 Å². The number of nitrogens with zero attached hydrogens (tertiary/aromatic N) is 4. The predicted octanol–water partition coefficient (Wildman–Crippen LogP) is 13.2. The molecule has 0 saturated heterocycles. The normalized spacial score (nSPS) is 12.6. The van der Waals surface area contributed by atoms with E-state index >= 15 is 0 Å². The third-order valence-electron chi connectivity index (χ3n) is 11.5. The van der Waals surface area contributed by atoms with E-state index in [9.17, 15) is 0 Å². The third kappa shape index (κ3) is 6.03. The molecule has 60 heavy (non-hydrogen) atoms. The van der Waals surface area contributed by atoms with Crippen molar-refractivity contribution >= 4 is 10.9 Å². The molecule has 5 nitrogen and oxygen atoms in total. The van der Waals surface area contributed by atoms with Crippen LogP contribution in [-0.2, 0) is 5.41 Å². The second-order valence-corrected chi connectivity index (χ2v) is 15.0.